The van der Waals surface area contributed by atoms with Gasteiger partial charge in [-0.25, -0.2) is 0 Å². The number of nitrogens with zero attached hydrogens (tertiary/aromatic N) is 3. The van der Waals surface area contributed by atoms with Crippen LogP contribution in [-0.4, -0.2) is 10.4 Å². The Morgan fingerprint density at radius 1 is 0.517 bits per heavy atom. The van der Waals surface area contributed by atoms with Crippen molar-refractivity contribution in [1.29, 1.82) is 0 Å². The van der Waals surface area contributed by atoms with Crippen LogP contribution in [0.1, 0.15) is 47.2 Å². The first kappa shape index (κ1) is 35.5. The quantitative estimate of drug-likeness (QED) is 0.175. The van der Waals surface area contributed by atoms with E-state index in [0.717, 1.165) is 57.3 Å². The molecule has 0 saturated heterocycles. The molecule has 4 heteroatoms. The predicted octanol–water partition coefficient (Wildman–Crippen LogP) is 14.3. The molecule has 1 atom stereocenters. The van der Waals surface area contributed by atoms with E-state index >= 15 is 0 Å². The lowest BCUT2D eigenvalue weighted by atomic mass is 9.90. The normalized spacial score (nSPS) is 14.7. The summed E-state index contributed by atoms with van der Waals surface area (Å²) in [4.78, 5) is 7.72. The zero-order chi connectivity index (χ0) is 40.0. The average Bonchev–Trinajstić information content (AvgIpc) is 3.56. The van der Waals surface area contributed by atoms with E-state index in [1.165, 1.54) is 49.8 Å². The van der Waals surface area contributed by atoms with Crippen LogP contribution in [0.3, 0.4) is 0 Å². The molecule has 0 bridgehead atoms. The van der Waals surface area contributed by atoms with Gasteiger partial charge in [-0.1, -0.05) is 165 Å². The topological polar surface area (TPSA) is 32.6 Å². The number of amidine groups is 1. The molecule has 0 fully saturated rings. The van der Waals surface area contributed by atoms with Crippen molar-refractivity contribution in [3.8, 4) is 16.8 Å². The van der Waals surface area contributed by atoms with E-state index in [2.05, 4.69) is 234 Å². The van der Waals surface area contributed by atoms with Crippen LogP contribution in [0.4, 0.5) is 17.1 Å². The second-order valence-corrected chi connectivity index (χ2v) is 15.5. The van der Waals surface area contributed by atoms with Gasteiger partial charge in [0.2, 0.25) is 0 Å². The Morgan fingerprint density at radius 2 is 1.17 bits per heavy atom. The molecular weight excluding hydrogens is 729 g/mol. The summed E-state index contributed by atoms with van der Waals surface area (Å²) in [6.45, 7) is 2.24. The van der Waals surface area contributed by atoms with Gasteiger partial charge in [0.1, 0.15) is 11.9 Å². The van der Waals surface area contributed by atoms with E-state index in [1.807, 2.05) is 0 Å². The molecule has 8 aromatic carbocycles. The summed E-state index contributed by atoms with van der Waals surface area (Å²) in [5.74, 6) is 0.888. The summed E-state index contributed by atoms with van der Waals surface area (Å²) in [6.07, 6.45) is 5.45. The van der Waals surface area contributed by atoms with Crippen LogP contribution in [0, 0.1) is 0 Å². The van der Waals surface area contributed by atoms with Crippen LogP contribution in [0.2, 0.25) is 0 Å². The third-order valence-electron chi connectivity index (χ3n) is 12.0. The number of hydrogen-bond acceptors (Lipinski definition) is 3. The summed E-state index contributed by atoms with van der Waals surface area (Å²) < 4.78 is 2.44. The SMILES string of the molecule is CCC1=C(c2cccc(-c3cccc(-n4c5ccccc5c5c6c(ccc54)N(c4ccccc4)c4ccccc4C=C6)c3)c2)NC(c2ccccc2)=NC1c1ccccc1. The second kappa shape index (κ2) is 14.9. The monoisotopic (exact) mass is 770 g/mol. The first-order chi connectivity index (χ1) is 29.7. The van der Waals surface area contributed by atoms with Crippen LogP contribution >= 0.6 is 0 Å². The number of para-hydroxylation sites is 3. The van der Waals surface area contributed by atoms with Gasteiger partial charge < -0.3 is 14.8 Å². The summed E-state index contributed by atoms with van der Waals surface area (Å²) >= 11 is 0. The van der Waals surface area contributed by atoms with E-state index < -0.39 is 0 Å². The molecule has 2 aliphatic rings. The van der Waals surface area contributed by atoms with Crippen molar-refractivity contribution < 1.29 is 0 Å². The molecule has 0 spiro atoms. The van der Waals surface area contributed by atoms with Crippen LogP contribution in [-0.2, 0) is 0 Å². The highest BCUT2D eigenvalue weighted by atomic mass is 15.1. The molecule has 4 nitrogen and oxygen atoms in total. The summed E-state index contributed by atoms with van der Waals surface area (Å²) in [5.41, 5.74) is 17.5. The number of aliphatic imine (C=N–C) groups is 1. The fourth-order valence-corrected chi connectivity index (χ4v) is 9.24. The Hall–Kier alpha value is -7.69. The fourth-order valence-electron chi connectivity index (χ4n) is 9.24. The van der Waals surface area contributed by atoms with E-state index in [4.69, 9.17) is 4.99 Å². The van der Waals surface area contributed by atoms with Gasteiger partial charge in [-0.15, -0.1) is 0 Å². The smallest absolute Gasteiger partial charge is 0.133 e. The Balaban J connectivity index is 1.04. The summed E-state index contributed by atoms with van der Waals surface area (Å²) in [5, 5.41) is 6.28. The van der Waals surface area contributed by atoms with Crippen molar-refractivity contribution >= 4 is 62.6 Å². The number of aromatic nitrogens is 1. The van der Waals surface area contributed by atoms with Crippen LogP contribution in [0.25, 0.3) is 56.5 Å². The van der Waals surface area contributed by atoms with Gasteiger partial charge in [-0.05, 0) is 94.4 Å². The Morgan fingerprint density at radius 3 is 1.98 bits per heavy atom. The molecule has 1 aromatic heterocycles. The minimum Gasteiger partial charge on any atom is -0.339 e. The van der Waals surface area contributed by atoms with Gasteiger partial charge in [0.15, 0.2) is 0 Å². The van der Waals surface area contributed by atoms with Crippen LogP contribution < -0.4 is 10.2 Å². The van der Waals surface area contributed by atoms with Crippen molar-refractivity contribution in [2.75, 3.05) is 4.90 Å². The van der Waals surface area contributed by atoms with E-state index in [0.29, 0.717) is 0 Å². The maximum atomic E-state index is 5.32. The fraction of sp³-hybridized carbons (Fsp3) is 0.0536. The molecule has 11 rings (SSSR count). The van der Waals surface area contributed by atoms with Crippen molar-refractivity contribution in [2.45, 2.75) is 19.4 Å². The summed E-state index contributed by atoms with van der Waals surface area (Å²) in [6, 6.07) is 71.8. The van der Waals surface area contributed by atoms with Crippen molar-refractivity contribution in [2.24, 2.45) is 4.99 Å². The van der Waals surface area contributed by atoms with Crippen LogP contribution in [0.15, 0.2) is 211 Å². The number of nitrogens with one attached hydrogen (secondary N) is 1. The molecule has 0 radical (unpaired) electrons. The summed E-state index contributed by atoms with van der Waals surface area (Å²) in [7, 11) is 0. The number of benzene rings is 8. The van der Waals surface area contributed by atoms with Gasteiger partial charge in [-0.2, -0.15) is 0 Å². The van der Waals surface area contributed by atoms with E-state index in [1.54, 1.807) is 0 Å². The van der Waals surface area contributed by atoms with Crippen molar-refractivity contribution in [1.82, 2.24) is 9.88 Å². The number of rotatable bonds is 7. The molecule has 0 aliphatic carbocycles. The lowest BCUT2D eigenvalue weighted by Crippen LogP contribution is -2.30. The number of anilines is 3. The van der Waals surface area contributed by atoms with Gasteiger partial charge >= 0.3 is 0 Å². The Kier molecular flexibility index (Phi) is 8.82. The lowest BCUT2D eigenvalue weighted by Gasteiger charge is -2.29. The standard InChI is InChI=1S/C56H42N4/c1-2-46-54(39-19-6-3-7-20-39)57-56(40-21-8-4-9-22-40)58-55(46)43-25-16-23-41(36-43)42-24-17-28-45(37-42)60-50-31-15-13-29-47(50)53-48-33-32-38-18-12-14-30-49(38)59(44-26-10-5-11-27-44)51(48)34-35-52(53)60/h3-37,54H,2H2,1H3,(H,57,58). The van der Waals surface area contributed by atoms with Gasteiger partial charge in [-0.3, -0.25) is 4.99 Å². The third-order valence-corrected chi connectivity index (χ3v) is 12.0. The largest absolute Gasteiger partial charge is 0.339 e. The van der Waals surface area contributed by atoms with Crippen molar-refractivity contribution in [3.05, 3.63) is 234 Å². The molecule has 60 heavy (non-hydrogen) atoms. The van der Waals surface area contributed by atoms with Crippen LogP contribution in [0.5, 0.6) is 0 Å². The first-order valence-electron chi connectivity index (χ1n) is 20.8. The molecule has 1 N–H and O–H groups in total. The number of fused-ring (bicyclic) bond motifs is 6. The minimum atomic E-state index is -0.0798. The molecule has 1 unspecified atom stereocenters. The van der Waals surface area contributed by atoms with Crippen molar-refractivity contribution in [3.63, 3.8) is 0 Å². The molecule has 0 amide bonds. The van der Waals surface area contributed by atoms with E-state index in [-0.39, 0.29) is 6.04 Å². The first-order valence-corrected chi connectivity index (χ1v) is 20.8. The van der Waals surface area contributed by atoms with Gasteiger partial charge in [0, 0.05) is 39.0 Å². The maximum Gasteiger partial charge on any atom is 0.133 e. The Labute approximate surface area is 350 Å². The highest BCUT2D eigenvalue weighted by molar-refractivity contribution is 6.16. The van der Waals surface area contributed by atoms with E-state index in [9.17, 15) is 0 Å². The van der Waals surface area contributed by atoms with Gasteiger partial charge in [0.05, 0.1) is 22.4 Å². The molecular formula is C56H42N4. The lowest BCUT2D eigenvalue weighted by molar-refractivity contribution is 0.778. The average molecular weight is 771 g/mol. The second-order valence-electron chi connectivity index (χ2n) is 15.5. The zero-order valence-electron chi connectivity index (χ0n) is 33.3. The molecule has 3 heterocycles. The molecule has 9 aromatic rings. The minimum absolute atomic E-state index is 0.0798. The highest BCUT2D eigenvalue weighted by Gasteiger charge is 2.27. The molecule has 0 saturated carbocycles. The van der Waals surface area contributed by atoms with Gasteiger partial charge in [0.25, 0.3) is 0 Å². The highest BCUT2D eigenvalue weighted by Crippen LogP contribution is 2.47. The molecule has 286 valence electrons. The maximum absolute atomic E-state index is 5.32. The molecule has 2 aliphatic heterocycles. The predicted molar refractivity (Wildman–Crippen MR) is 252 cm³/mol. The third kappa shape index (κ3) is 6.04. The number of hydrogen-bond donors (Lipinski definition) is 1. The Bertz CT molecular complexity index is 3160. The zero-order valence-corrected chi connectivity index (χ0v) is 33.3.